The van der Waals surface area contributed by atoms with E-state index in [4.69, 9.17) is 9.40 Å². The highest BCUT2D eigenvalue weighted by Gasteiger charge is 2.40. The van der Waals surface area contributed by atoms with Gasteiger partial charge in [-0.1, -0.05) is 59.8 Å². The molecule has 3 heterocycles. The second-order valence-electron chi connectivity index (χ2n) is 8.39. The molecule has 0 atom stereocenters. The predicted octanol–water partition coefficient (Wildman–Crippen LogP) is 4.99. The lowest BCUT2D eigenvalue weighted by Crippen LogP contribution is -2.50. The minimum Gasteiger partial charge on any atom is -0.465 e. The molecule has 3 N–H and O–H groups in total. The lowest BCUT2D eigenvalue weighted by atomic mass is 9.72. The van der Waals surface area contributed by atoms with Gasteiger partial charge >= 0.3 is 6.09 Å². The minimum atomic E-state index is -1.01. The average molecular weight is 452 g/mol. The monoisotopic (exact) mass is 452 g/mol. The molecule has 0 unspecified atom stereocenters. The van der Waals surface area contributed by atoms with Crippen LogP contribution in [0.5, 0.6) is 0 Å². The zero-order valence-electron chi connectivity index (χ0n) is 18.0. The Morgan fingerprint density at radius 1 is 1.03 bits per heavy atom. The van der Waals surface area contributed by atoms with Crippen LogP contribution >= 0.6 is 0 Å². The zero-order chi connectivity index (χ0) is 23.1. The Kier molecular flexibility index (Phi) is 4.61. The summed E-state index contributed by atoms with van der Waals surface area (Å²) in [4.78, 5) is 20.6. The number of hydrogen-bond acceptors (Lipinski definition) is 6. The summed E-state index contributed by atoms with van der Waals surface area (Å²) in [6.07, 6.45) is 4.79. The average Bonchev–Trinajstić information content (AvgIpc) is 3.50. The summed E-state index contributed by atoms with van der Waals surface area (Å²) in [5.41, 5.74) is 5.43. The molecule has 0 aliphatic heterocycles. The van der Waals surface area contributed by atoms with Crippen LogP contribution in [0.4, 0.5) is 4.79 Å². The quantitative estimate of drug-likeness (QED) is 0.342. The number of carboxylic acid groups (broad SMARTS) is 1. The van der Waals surface area contributed by atoms with E-state index in [0.29, 0.717) is 28.4 Å². The van der Waals surface area contributed by atoms with Gasteiger partial charge in [0.15, 0.2) is 0 Å². The number of amides is 1. The predicted molar refractivity (Wildman–Crippen MR) is 125 cm³/mol. The summed E-state index contributed by atoms with van der Waals surface area (Å²) in [6.45, 7) is 0. The standard InChI is InChI=1S/C25H20N6O3/c32-24(33)29-25(11-4-12-25)17-9-7-16(8-10-17)22-20(15-5-2-1-3-6-15)21-23(34-22)26-13-18(28-21)19-14-27-31-30-19/h1-3,5-10,13-14,29H,4,11-12H2,(H,32,33)(H,27,30,31). The van der Waals surface area contributed by atoms with E-state index in [9.17, 15) is 9.90 Å². The van der Waals surface area contributed by atoms with Crippen molar-refractivity contribution in [1.82, 2.24) is 30.7 Å². The van der Waals surface area contributed by atoms with Gasteiger partial charge < -0.3 is 14.8 Å². The summed E-state index contributed by atoms with van der Waals surface area (Å²) in [6, 6.07) is 17.8. The van der Waals surface area contributed by atoms with Gasteiger partial charge in [-0.05, 0) is 30.4 Å². The molecule has 168 valence electrons. The van der Waals surface area contributed by atoms with E-state index in [1.165, 1.54) is 0 Å². The third-order valence-corrected chi connectivity index (χ3v) is 6.41. The van der Waals surface area contributed by atoms with Crippen LogP contribution in [0.25, 0.3) is 45.1 Å². The maximum Gasteiger partial charge on any atom is 0.405 e. The van der Waals surface area contributed by atoms with Crippen molar-refractivity contribution in [3.63, 3.8) is 0 Å². The van der Waals surface area contributed by atoms with Crippen molar-refractivity contribution in [3.05, 3.63) is 72.6 Å². The number of aromatic nitrogens is 5. The molecule has 0 radical (unpaired) electrons. The van der Waals surface area contributed by atoms with Gasteiger partial charge in [0.2, 0.25) is 5.71 Å². The second kappa shape index (κ2) is 7.80. The Hall–Kier alpha value is -4.53. The number of nitrogens with one attached hydrogen (secondary N) is 2. The molecule has 2 aromatic carbocycles. The Bertz CT molecular complexity index is 1470. The molecule has 1 amide bonds. The Balaban J connectivity index is 1.48. The summed E-state index contributed by atoms with van der Waals surface area (Å²) < 4.78 is 6.22. The van der Waals surface area contributed by atoms with E-state index < -0.39 is 11.6 Å². The van der Waals surface area contributed by atoms with E-state index in [-0.39, 0.29) is 0 Å². The van der Waals surface area contributed by atoms with Crippen LogP contribution in [0.1, 0.15) is 24.8 Å². The molecule has 9 nitrogen and oxygen atoms in total. The maximum absolute atomic E-state index is 11.3. The van der Waals surface area contributed by atoms with Crippen molar-refractivity contribution in [2.75, 3.05) is 0 Å². The van der Waals surface area contributed by atoms with Crippen molar-refractivity contribution in [3.8, 4) is 33.8 Å². The first kappa shape index (κ1) is 20.1. The van der Waals surface area contributed by atoms with E-state index >= 15 is 0 Å². The fraction of sp³-hybridized carbons (Fsp3) is 0.160. The fourth-order valence-corrected chi connectivity index (χ4v) is 4.56. The molecular formula is C25H20N6O3. The number of aromatic amines is 1. The normalized spacial score (nSPS) is 14.6. The van der Waals surface area contributed by atoms with Crippen molar-refractivity contribution < 1.29 is 14.3 Å². The Morgan fingerprint density at radius 2 is 1.82 bits per heavy atom. The summed E-state index contributed by atoms with van der Waals surface area (Å²) in [5.74, 6) is 0.654. The molecule has 34 heavy (non-hydrogen) atoms. The number of rotatable bonds is 5. The molecule has 3 aromatic heterocycles. The van der Waals surface area contributed by atoms with Crippen molar-refractivity contribution in [2.45, 2.75) is 24.8 Å². The minimum absolute atomic E-state index is 0.428. The number of furan rings is 1. The SMILES string of the molecule is O=C(O)NC1(c2ccc(-c3oc4ncc(-c5cnn[nH]5)nc4c3-c3ccccc3)cc2)CCC1. The van der Waals surface area contributed by atoms with Gasteiger partial charge in [0, 0.05) is 5.56 Å². The molecule has 1 aliphatic carbocycles. The number of hydrogen-bond donors (Lipinski definition) is 3. The number of fused-ring (bicyclic) bond motifs is 1. The topological polar surface area (TPSA) is 130 Å². The van der Waals surface area contributed by atoms with E-state index in [2.05, 4.69) is 25.7 Å². The van der Waals surface area contributed by atoms with Crippen LogP contribution in [0.3, 0.4) is 0 Å². The van der Waals surface area contributed by atoms with Gasteiger partial charge in [0.05, 0.1) is 23.5 Å². The van der Waals surface area contributed by atoms with E-state index in [1.54, 1.807) is 12.4 Å². The van der Waals surface area contributed by atoms with Gasteiger partial charge in [-0.15, -0.1) is 5.10 Å². The first-order valence-corrected chi connectivity index (χ1v) is 11.0. The lowest BCUT2D eigenvalue weighted by Gasteiger charge is -2.42. The molecule has 1 fully saturated rings. The highest BCUT2D eigenvalue weighted by atomic mass is 16.4. The van der Waals surface area contributed by atoms with E-state index in [0.717, 1.165) is 41.5 Å². The maximum atomic E-state index is 11.3. The fourth-order valence-electron chi connectivity index (χ4n) is 4.56. The second-order valence-corrected chi connectivity index (χ2v) is 8.39. The van der Waals surface area contributed by atoms with E-state index in [1.807, 2.05) is 54.6 Å². The van der Waals surface area contributed by atoms with Crippen molar-refractivity contribution in [2.24, 2.45) is 0 Å². The van der Waals surface area contributed by atoms with Crippen molar-refractivity contribution >= 4 is 17.3 Å². The number of benzene rings is 2. The third-order valence-electron chi connectivity index (χ3n) is 6.41. The van der Waals surface area contributed by atoms with Gasteiger partial charge in [0.1, 0.15) is 22.7 Å². The molecule has 0 bridgehead atoms. The van der Waals surface area contributed by atoms with Crippen LogP contribution in [-0.4, -0.2) is 36.6 Å². The van der Waals surface area contributed by atoms with Crippen LogP contribution < -0.4 is 5.32 Å². The number of carbonyl (C=O) groups is 1. The first-order valence-electron chi connectivity index (χ1n) is 11.0. The van der Waals surface area contributed by atoms with Crippen LogP contribution in [0.2, 0.25) is 0 Å². The van der Waals surface area contributed by atoms with Crippen molar-refractivity contribution in [1.29, 1.82) is 0 Å². The van der Waals surface area contributed by atoms with Gasteiger partial charge in [-0.3, -0.25) is 5.10 Å². The summed E-state index contributed by atoms with van der Waals surface area (Å²) in [7, 11) is 0. The number of H-pyrrole nitrogens is 1. The third kappa shape index (κ3) is 3.29. The molecule has 5 aromatic rings. The Labute approximate surface area is 193 Å². The molecule has 9 heteroatoms. The zero-order valence-corrected chi connectivity index (χ0v) is 18.0. The highest BCUT2D eigenvalue weighted by molar-refractivity contribution is 5.98. The van der Waals surface area contributed by atoms with Gasteiger partial charge in [-0.25, -0.2) is 14.8 Å². The van der Waals surface area contributed by atoms with Crippen LogP contribution in [0.15, 0.2) is 71.4 Å². The van der Waals surface area contributed by atoms with Gasteiger partial charge in [-0.2, -0.15) is 0 Å². The summed E-state index contributed by atoms with van der Waals surface area (Å²) in [5, 5.41) is 22.4. The first-order chi connectivity index (χ1) is 16.6. The molecular weight excluding hydrogens is 432 g/mol. The smallest absolute Gasteiger partial charge is 0.405 e. The lowest BCUT2D eigenvalue weighted by molar-refractivity contribution is 0.144. The van der Waals surface area contributed by atoms with Crippen LogP contribution in [0, 0.1) is 0 Å². The highest BCUT2D eigenvalue weighted by Crippen LogP contribution is 2.43. The largest absolute Gasteiger partial charge is 0.465 e. The number of nitrogens with zero attached hydrogens (tertiary/aromatic N) is 4. The molecule has 6 rings (SSSR count). The Morgan fingerprint density at radius 3 is 2.47 bits per heavy atom. The molecule has 0 saturated heterocycles. The molecule has 0 spiro atoms. The van der Waals surface area contributed by atoms with Gasteiger partial charge in [0.25, 0.3) is 0 Å². The molecule has 1 saturated carbocycles. The van der Waals surface area contributed by atoms with Crippen LogP contribution in [-0.2, 0) is 5.54 Å². The summed E-state index contributed by atoms with van der Waals surface area (Å²) >= 11 is 0. The molecule has 1 aliphatic rings.